The lowest BCUT2D eigenvalue weighted by atomic mass is 9.88. The second-order valence-corrected chi connectivity index (χ2v) is 10.2. The van der Waals surface area contributed by atoms with E-state index < -0.39 is 47.0 Å². The smallest absolute Gasteiger partial charge is 0.253 e. The molecule has 8 nitrogen and oxygen atoms in total. The van der Waals surface area contributed by atoms with Crippen LogP contribution < -0.4 is 15.4 Å². The van der Waals surface area contributed by atoms with Gasteiger partial charge in [-0.25, -0.2) is 8.78 Å². The van der Waals surface area contributed by atoms with Crippen molar-refractivity contribution in [2.75, 3.05) is 26.7 Å². The number of likely N-dealkylation sites (tertiary alicyclic amines) is 1. The van der Waals surface area contributed by atoms with Crippen molar-refractivity contribution in [1.82, 2.24) is 20.5 Å². The van der Waals surface area contributed by atoms with Crippen LogP contribution in [0.15, 0.2) is 54.7 Å². The van der Waals surface area contributed by atoms with Gasteiger partial charge in [0.2, 0.25) is 5.91 Å². The first-order chi connectivity index (χ1) is 19.7. The molecule has 0 unspecified atom stereocenters. The van der Waals surface area contributed by atoms with Gasteiger partial charge in [0.25, 0.3) is 5.91 Å². The summed E-state index contributed by atoms with van der Waals surface area (Å²) in [6.45, 7) is 4.03. The Hall–Kier alpha value is -4.07. The van der Waals surface area contributed by atoms with Gasteiger partial charge in [-0.2, -0.15) is 5.26 Å². The number of benzene rings is 2. The summed E-state index contributed by atoms with van der Waals surface area (Å²) in [5, 5.41) is 15.8. The molecule has 0 aliphatic carbocycles. The molecule has 0 bridgehead atoms. The first-order valence-electron chi connectivity index (χ1n) is 13.2. The van der Waals surface area contributed by atoms with Crippen molar-refractivity contribution in [3.05, 3.63) is 82.5 Å². The number of amides is 2. The highest BCUT2D eigenvalue weighted by Crippen LogP contribution is 2.27. The molecule has 1 atom stereocenters. The van der Waals surface area contributed by atoms with Gasteiger partial charge in [0.15, 0.2) is 0 Å². The quantitative estimate of drug-likeness (QED) is 0.385. The molecule has 11 heteroatoms. The molecule has 4 rings (SSSR count). The molecular formula is C30H30ClF2N5O3. The van der Waals surface area contributed by atoms with Crippen molar-refractivity contribution in [3.8, 4) is 23.1 Å². The molecule has 1 aliphatic rings. The number of aromatic nitrogens is 1. The molecule has 1 aromatic heterocycles. The zero-order valence-corrected chi connectivity index (χ0v) is 23.5. The number of rotatable bonds is 9. The molecule has 0 saturated carbocycles. The Morgan fingerprint density at radius 2 is 1.85 bits per heavy atom. The number of carbonyl (C=O) groups excluding carboxylic acids is 2. The summed E-state index contributed by atoms with van der Waals surface area (Å²) >= 11 is 6.25. The van der Waals surface area contributed by atoms with E-state index in [1.54, 1.807) is 24.3 Å². The predicted molar refractivity (Wildman–Crippen MR) is 150 cm³/mol. The standard InChI is InChI=1S/C30H30ClF2N5O3/c1-3-38-12-10-30(18-34,11-13-38)37-29(40)27(16-22-24(32)14-20(41-2)15-25(22)33)36-28(39)19-8-9-26(35-17-19)21-6-4-5-7-23(21)31/h4-9,14-15,17,27H,3,10-13,16H2,1-2H3,(H,36,39)(H,37,40)/t27-/m0/s1. The van der Waals surface area contributed by atoms with E-state index >= 15 is 0 Å². The molecule has 2 amide bonds. The van der Waals surface area contributed by atoms with Crippen LogP contribution >= 0.6 is 11.6 Å². The van der Waals surface area contributed by atoms with E-state index in [0.717, 1.165) is 18.7 Å². The third-order valence-corrected chi connectivity index (χ3v) is 7.62. The summed E-state index contributed by atoms with van der Waals surface area (Å²) < 4.78 is 34.6. The Morgan fingerprint density at radius 1 is 1.17 bits per heavy atom. The molecule has 2 aromatic carbocycles. The molecule has 41 heavy (non-hydrogen) atoms. The van der Waals surface area contributed by atoms with E-state index in [-0.39, 0.29) is 11.3 Å². The zero-order chi connectivity index (χ0) is 29.6. The maximum Gasteiger partial charge on any atom is 0.253 e. The van der Waals surface area contributed by atoms with Crippen molar-refractivity contribution >= 4 is 23.4 Å². The lowest BCUT2D eigenvalue weighted by Crippen LogP contribution is -2.59. The monoisotopic (exact) mass is 581 g/mol. The van der Waals surface area contributed by atoms with Gasteiger partial charge in [0.1, 0.15) is 29.0 Å². The maximum absolute atomic E-state index is 14.9. The van der Waals surface area contributed by atoms with E-state index in [1.807, 2.05) is 13.0 Å². The number of methoxy groups -OCH3 is 1. The highest BCUT2D eigenvalue weighted by Gasteiger charge is 2.38. The number of piperidine rings is 1. The SMILES string of the molecule is CCN1CCC(C#N)(NC(=O)[C@H](Cc2c(F)cc(OC)cc2F)NC(=O)c2ccc(-c3ccccc3Cl)nc2)CC1. The average Bonchev–Trinajstić information content (AvgIpc) is 2.98. The van der Waals surface area contributed by atoms with Crippen LogP contribution in [-0.2, 0) is 11.2 Å². The molecule has 2 N–H and O–H groups in total. The number of nitrogens with one attached hydrogen (secondary N) is 2. The largest absolute Gasteiger partial charge is 0.497 e. The van der Waals surface area contributed by atoms with Crippen LogP contribution in [0.25, 0.3) is 11.3 Å². The van der Waals surface area contributed by atoms with Crippen LogP contribution in [0.2, 0.25) is 5.02 Å². The van der Waals surface area contributed by atoms with Gasteiger partial charge in [-0.05, 0) is 37.6 Å². The first kappa shape index (κ1) is 29.9. The minimum Gasteiger partial charge on any atom is -0.497 e. The second kappa shape index (κ2) is 13.1. The van der Waals surface area contributed by atoms with Gasteiger partial charge in [-0.1, -0.05) is 36.7 Å². The van der Waals surface area contributed by atoms with Crippen molar-refractivity contribution in [1.29, 1.82) is 5.26 Å². The summed E-state index contributed by atoms with van der Waals surface area (Å²) in [5.74, 6) is -3.27. The molecule has 1 fully saturated rings. The topological polar surface area (TPSA) is 107 Å². The van der Waals surface area contributed by atoms with Crippen LogP contribution in [0.3, 0.4) is 0 Å². The summed E-state index contributed by atoms with van der Waals surface area (Å²) in [7, 11) is 1.28. The summed E-state index contributed by atoms with van der Waals surface area (Å²) in [6, 6.07) is 13.1. The predicted octanol–water partition coefficient (Wildman–Crippen LogP) is 4.52. The fourth-order valence-electron chi connectivity index (χ4n) is 4.74. The van der Waals surface area contributed by atoms with Crippen LogP contribution in [0, 0.1) is 23.0 Å². The Morgan fingerprint density at radius 3 is 2.41 bits per heavy atom. The molecule has 3 aromatic rings. The van der Waals surface area contributed by atoms with Crippen molar-refractivity contribution in [2.45, 2.75) is 37.8 Å². The Labute approximate surface area is 242 Å². The molecule has 214 valence electrons. The number of nitrogens with zero attached hydrogens (tertiary/aromatic N) is 3. The van der Waals surface area contributed by atoms with E-state index in [9.17, 15) is 23.6 Å². The van der Waals surface area contributed by atoms with Gasteiger partial charge < -0.3 is 20.3 Å². The number of nitriles is 1. The zero-order valence-electron chi connectivity index (χ0n) is 22.7. The molecule has 0 spiro atoms. The Kier molecular flexibility index (Phi) is 9.53. The average molecular weight is 582 g/mol. The molecule has 1 saturated heterocycles. The highest BCUT2D eigenvalue weighted by molar-refractivity contribution is 6.33. The number of carbonyl (C=O) groups is 2. The summed E-state index contributed by atoms with van der Waals surface area (Å²) in [5.41, 5.74) is -0.218. The Bertz CT molecular complexity index is 1430. The number of hydrogen-bond donors (Lipinski definition) is 2. The number of hydrogen-bond acceptors (Lipinski definition) is 6. The molecular weight excluding hydrogens is 552 g/mol. The van der Waals surface area contributed by atoms with Gasteiger partial charge >= 0.3 is 0 Å². The van der Waals surface area contributed by atoms with Crippen LogP contribution in [-0.4, -0.2) is 60.0 Å². The molecule has 1 aliphatic heterocycles. The summed E-state index contributed by atoms with van der Waals surface area (Å²) in [6.07, 6.45) is 1.59. The van der Waals surface area contributed by atoms with E-state index in [1.165, 1.54) is 19.4 Å². The fraction of sp³-hybridized carbons (Fsp3) is 0.333. The fourth-order valence-corrected chi connectivity index (χ4v) is 4.98. The lowest BCUT2D eigenvalue weighted by molar-refractivity contribution is -0.124. The molecule has 2 heterocycles. The van der Waals surface area contributed by atoms with Crippen LogP contribution in [0.5, 0.6) is 5.75 Å². The van der Waals surface area contributed by atoms with Crippen molar-refractivity contribution in [2.24, 2.45) is 0 Å². The van der Waals surface area contributed by atoms with E-state index in [4.69, 9.17) is 16.3 Å². The number of ether oxygens (including phenoxy) is 1. The second-order valence-electron chi connectivity index (χ2n) is 9.83. The van der Waals surface area contributed by atoms with Gasteiger partial charge in [0.05, 0.1) is 24.4 Å². The van der Waals surface area contributed by atoms with Gasteiger partial charge in [0, 0.05) is 54.0 Å². The normalized spacial score (nSPS) is 15.4. The minimum atomic E-state index is -1.39. The van der Waals surface area contributed by atoms with Crippen molar-refractivity contribution in [3.63, 3.8) is 0 Å². The Balaban J connectivity index is 1.59. The third kappa shape index (κ3) is 6.99. The highest BCUT2D eigenvalue weighted by atomic mass is 35.5. The third-order valence-electron chi connectivity index (χ3n) is 7.29. The first-order valence-corrected chi connectivity index (χ1v) is 13.6. The number of halogens is 3. The summed E-state index contributed by atoms with van der Waals surface area (Å²) in [4.78, 5) is 33.2. The van der Waals surface area contributed by atoms with Crippen molar-refractivity contribution < 1.29 is 23.1 Å². The van der Waals surface area contributed by atoms with Crippen LogP contribution in [0.4, 0.5) is 8.78 Å². The van der Waals surface area contributed by atoms with Gasteiger partial charge in [-0.15, -0.1) is 0 Å². The van der Waals surface area contributed by atoms with Gasteiger partial charge in [-0.3, -0.25) is 14.6 Å². The maximum atomic E-state index is 14.9. The lowest BCUT2D eigenvalue weighted by Gasteiger charge is -2.38. The van der Waals surface area contributed by atoms with E-state index in [2.05, 4.69) is 26.6 Å². The van der Waals surface area contributed by atoms with Crippen LogP contribution in [0.1, 0.15) is 35.7 Å². The minimum absolute atomic E-state index is 0.0235. The van der Waals surface area contributed by atoms with E-state index in [0.29, 0.717) is 42.2 Å². The number of pyridine rings is 1. The molecule has 0 radical (unpaired) electrons.